The molecule has 142 valence electrons. The number of likely N-dealkylation sites (N-methyl/N-ethyl adjacent to an activating group) is 1. The van der Waals surface area contributed by atoms with E-state index >= 15 is 0 Å². The van der Waals surface area contributed by atoms with E-state index in [-0.39, 0.29) is 29.6 Å². The molecule has 2 aromatic rings. The highest BCUT2D eigenvalue weighted by Crippen LogP contribution is 2.19. The minimum Gasteiger partial charge on any atom is -0.355 e. The molecule has 1 aliphatic heterocycles. The first kappa shape index (κ1) is 19.0. The maximum Gasteiger partial charge on any atom is 0.271 e. The lowest BCUT2D eigenvalue weighted by Crippen LogP contribution is -2.43. The molecule has 1 fully saturated rings. The summed E-state index contributed by atoms with van der Waals surface area (Å²) in [6.45, 7) is 3.91. The van der Waals surface area contributed by atoms with Gasteiger partial charge in [-0.2, -0.15) is 0 Å². The highest BCUT2D eigenvalue weighted by atomic mass is 16.2. The SMILES string of the molecule is CCNC(=O)[C@@H]1C[C@@H](NC(=O)c2cnccn2)CN1CCc1ccccc1. The third-order valence-electron chi connectivity index (χ3n) is 4.72. The van der Waals surface area contributed by atoms with E-state index in [0.29, 0.717) is 19.5 Å². The summed E-state index contributed by atoms with van der Waals surface area (Å²) in [5.41, 5.74) is 1.52. The quantitative estimate of drug-likeness (QED) is 0.763. The molecule has 0 aliphatic carbocycles. The van der Waals surface area contributed by atoms with E-state index in [2.05, 4.69) is 37.6 Å². The van der Waals surface area contributed by atoms with Crippen LogP contribution in [0.2, 0.25) is 0 Å². The first-order valence-electron chi connectivity index (χ1n) is 9.30. The number of carbonyl (C=O) groups excluding carboxylic acids is 2. The summed E-state index contributed by atoms with van der Waals surface area (Å²) >= 11 is 0. The van der Waals surface area contributed by atoms with E-state index in [4.69, 9.17) is 0 Å². The fraction of sp³-hybridized carbons (Fsp3) is 0.400. The molecule has 0 radical (unpaired) electrons. The molecule has 0 bridgehead atoms. The van der Waals surface area contributed by atoms with Crippen molar-refractivity contribution < 1.29 is 9.59 Å². The molecule has 2 atom stereocenters. The van der Waals surface area contributed by atoms with E-state index in [1.807, 2.05) is 25.1 Å². The molecular formula is C20H25N5O2. The number of hydrogen-bond donors (Lipinski definition) is 2. The zero-order valence-electron chi connectivity index (χ0n) is 15.5. The molecule has 0 spiro atoms. The second kappa shape index (κ2) is 9.23. The van der Waals surface area contributed by atoms with Gasteiger partial charge in [-0.05, 0) is 25.3 Å². The average Bonchev–Trinajstić information content (AvgIpc) is 3.11. The largest absolute Gasteiger partial charge is 0.355 e. The number of nitrogens with zero attached hydrogens (tertiary/aromatic N) is 3. The van der Waals surface area contributed by atoms with Crippen molar-refractivity contribution in [1.82, 2.24) is 25.5 Å². The molecule has 1 saturated heterocycles. The van der Waals surface area contributed by atoms with E-state index in [1.165, 1.54) is 24.2 Å². The molecule has 7 heteroatoms. The molecule has 7 nitrogen and oxygen atoms in total. The zero-order chi connectivity index (χ0) is 19.1. The van der Waals surface area contributed by atoms with Crippen LogP contribution < -0.4 is 10.6 Å². The van der Waals surface area contributed by atoms with Crippen molar-refractivity contribution in [3.63, 3.8) is 0 Å². The lowest BCUT2D eigenvalue weighted by atomic mass is 10.1. The highest BCUT2D eigenvalue weighted by Gasteiger charge is 2.37. The van der Waals surface area contributed by atoms with Gasteiger partial charge in [0.2, 0.25) is 5.91 Å². The fourth-order valence-corrected chi connectivity index (χ4v) is 3.41. The second-order valence-corrected chi connectivity index (χ2v) is 6.64. The molecule has 0 saturated carbocycles. The van der Waals surface area contributed by atoms with Crippen molar-refractivity contribution >= 4 is 11.8 Å². The molecule has 0 unspecified atom stereocenters. The normalized spacial score (nSPS) is 19.6. The molecule has 2 N–H and O–H groups in total. The van der Waals surface area contributed by atoms with E-state index in [1.54, 1.807) is 0 Å². The van der Waals surface area contributed by atoms with Crippen LogP contribution in [0.4, 0.5) is 0 Å². The van der Waals surface area contributed by atoms with Crippen LogP contribution in [-0.2, 0) is 11.2 Å². The van der Waals surface area contributed by atoms with Gasteiger partial charge in [-0.3, -0.25) is 19.5 Å². The lowest BCUT2D eigenvalue weighted by molar-refractivity contribution is -0.125. The highest BCUT2D eigenvalue weighted by molar-refractivity contribution is 5.92. The first-order valence-corrected chi connectivity index (χ1v) is 9.30. The van der Waals surface area contributed by atoms with Gasteiger partial charge in [0.15, 0.2) is 0 Å². The van der Waals surface area contributed by atoms with Gasteiger partial charge in [0.1, 0.15) is 5.69 Å². The standard InChI is InChI=1S/C20H25N5O2/c1-2-22-20(27)18-12-16(24-19(26)17-13-21-9-10-23-17)14-25(18)11-8-15-6-4-3-5-7-15/h3-7,9-10,13,16,18H,2,8,11-12,14H2,1H3,(H,22,27)(H,24,26)/t16-,18+/m1/s1. The number of hydrogen-bond acceptors (Lipinski definition) is 5. The Labute approximate surface area is 159 Å². The van der Waals surface area contributed by atoms with Crippen molar-refractivity contribution in [3.8, 4) is 0 Å². The van der Waals surface area contributed by atoms with Gasteiger partial charge in [0, 0.05) is 38.1 Å². The lowest BCUT2D eigenvalue weighted by Gasteiger charge is -2.23. The summed E-state index contributed by atoms with van der Waals surface area (Å²) in [5, 5.41) is 5.89. The molecule has 2 amide bonds. The van der Waals surface area contributed by atoms with Gasteiger partial charge in [0.05, 0.1) is 12.2 Å². The Morgan fingerprint density at radius 2 is 2.04 bits per heavy atom. The Morgan fingerprint density at radius 3 is 2.74 bits per heavy atom. The summed E-state index contributed by atoms with van der Waals surface area (Å²) in [6.07, 6.45) is 5.92. The molecular weight excluding hydrogens is 342 g/mol. The van der Waals surface area contributed by atoms with Gasteiger partial charge in [-0.15, -0.1) is 0 Å². The summed E-state index contributed by atoms with van der Waals surface area (Å²) in [6, 6.07) is 9.88. The third kappa shape index (κ3) is 5.10. The average molecular weight is 367 g/mol. The topological polar surface area (TPSA) is 87.2 Å². The number of benzene rings is 1. The Hall–Kier alpha value is -2.80. The summed E-state index contributed by atoms with van der Waals surface area (Å²) in [5.74, 6) is -0.241. The van der Waals surface area contributed by atoms with Crippen LogP contribution in [0, 0.1) is 0 Å². The number of rotatable bonds is 7. The Balaban J connectivity index is 1.63. The van der Waals surface area contributed by atoms with Crippen molar-refractivity contribution in [1.29, 1.82) is 0 Å². The number of likely N-dealkylation sites (tertiary alicyclic amines) is 1. The van der Waals surface area contributed by atoms with Crippen molar-refractivity contribution in [2.75, 3.05) is 19.6 Å². The van der Waals surface area contributed by atoms with Crippen LogP contribution in [0.25, 0.3) is 0 Å². The Morgan fingerprint density at radius 1 is 1.22 bits per heavy atom. The second-order valence-electron chi connectivity index (χ2n) is 6.64. The van der Waals surface area contributed by atoms with Crippen LogP contribution in [0.15, 0.2) is 48.9 Å². The van der Waals surface area contributed by atoms with Gasteiger partial charge in [0.25, 0.3) is 5.91 Å². The van der Waals surface area contributed by atoms with Crippen LogP contribution in [0.5, 0.6) is 0 Å². The van der Waals surface area contributed by atoms with Gasteiger partial charge < -0.3 is 10.6 Å². The zero-order valence-corrected chi connectivity index (χ0v) is 15.5. The molecule has 1 aliphatic rings. The van der Waals surface area contributed by atoms with Crippen LogP contribution in [-0.4, -0.2) is 58.4 Å². The minimum absolute atomic E-state index is 0.0156. The monoisotopic (exact) mass is 367 g/mol. The maximum absolute atomic E-state index is 12.5. The van der Waals surface area contributed by atoms with Crippen LogP contribution >= 0.6 is 0 Å². The van der Waals surface area contributed by atoms with Gasteiger partial charge in [-0.1, -0.05) is 30.3 Å². The van der Waals surface area contributed by atoms with E-state index in [0.717, 1.165) is 13.0 Å². The van der Waals surface area contributed by atoms with Gasteiger partial charge in [-0.25, -0.2) is 4.98 Å². The first-order chi connectivity index (χ1) is 13.2. The maximum atomic E-state index is 12.5. The fourth-order valence-electron chi connectivity index (χ4n) is 3.41. The third-order valence-corrected chi connectivity index (χ3v) is 4.72. The molecule has 2 heterocycles. The molecule has 3 rings (SSSR count). The van der Waals surface area contributed by atoms with E-state index < -0.39 is 0 Å². The number of amides is 2. The van der Waals surface area contributed by atoms with Crippen LogP contribution in [0.1, 0.15) is 29.4 Å². The number of aromatic nitrogens is 2. The Kier molecular flexibility index (Phi) is 6.49. The van der Waals surface area contributed by atoms with Crippen molar-refractivity contribution in [2.24, 2.45) is 0 Å². The van der Waals surface area contributed by atoms with Crippen LogP contribution in [0.3, 0.4) is 0 Å². The molecule has 1 aromatic carbocycles. The Bertz CT molecular complexity index is 753. The predicted molar refractivity (Wildman–Crippen MR) is 102 cm³/mol. The van der Waals surface area contributed by atoms with Crippen molar-refractivity contribution in [3.05, 3.63) is 60.2 Å². The molecule has 27 heavy (non-hydrogen) atoms. The number of nitrogens with one attached hydrogen (secondary N) is 2. The summed E-state index contributed by atoms with van der Waals surface area (Å²) in [7, 11) is 0. The van der Waals surface area contributed by atoms with Gasteiger partial charge >= 0.3 is 0 Å². The number of carbonyl (C=O) groups is 2. The smallest absolute Gasteiger partial charge is 0.271 e. The van der Waals surface area contributed by atoms with E-state index in [9.17, 15) is 9.59 Å². The van der Waals surface area contributed by atoms with Crippen molar-refractivity contribution in [2.45, 2.75) is 31.8 Å². The molecule has 1 aromatic heterocycles. The minimum atomic E-state index is -0.257. The predicted octanol–water partition coefficient (Wildman–Crippen LogP) is 1.03. The summed E-state index contributed by atoms with van der Waals surface area (Å²) in [4.78, 5) is 34.9. The summed E-state index contributed by atoms with van der Waals surface area (Å²) < 4.78 is 0.